The summed E-state index contributed by atoms with van der Waals surface area (Å²) >= 11 is 0. The van der Waals surface area contributed by atoms with Crippen molar-refractivity contribution in [3.05, 3.63) is 56.1 Å². The van der Waals surface area contributed by atoms with Crippen LogP contribution in [-0.4, -0.2) is 24.4 Å². The molecular weight excluding hydrogens is 260 g/mol. The maximum Gasteiger partial charge on any atom is 0.310 e. The molecule has 0 aliphatic heterocycles. The summed E-state index contributed by atoms with van der Waals surface area (Å²) in [7, 11) is 3.19. The van der Waals surface area contributed by atoms with Crippen LogP contribution in [0.15, 0.2) is 33.9 Å². The Hall–Kier alpha value is -2.50. The van der Waals surface area contributed by atoms with Gasteiger partial charge in [0.25, 0.3) is 0 Å². The lowest BCUT2D eigenvalue weighted by Gasteiger charge is -2.12. The maximum absolute atomic E-state index is 11.3. The first kappa shape index (κ1) is 13.9. The summed E-state index contributed by atoms with van der Waals surface area (Å²) in [6.45, 7) is 0. The molecule has 0 radical (unpaired) electrons. The highest BCUT2D eigenvalue weighted by Crippen LogP contribution is 2.29. The van der Waals surface area contributed by atoms with Gasteiger partial charge in [-0.3, -0.25) is 14.7 Å². The number of rotatable bonds is 5. The zero-order chi connectivity index (χ0) is 14.5. The SMILES string of the molecule is COc1cccc(OC)c1CCc1cc(=O)c(=O)[nH][nH]1. The lowest BCUT2D eigenvalue weighted by Crippen LogP contribution is -2.27. The van der Waals surface area contributed by atoms with Gasteiger partial charge in [-0.05, 0) is 25.0 Å². The molecule has 6 nitrogen and oxygen atoms in total. The molecule has 6 heteroatoms. The van der Waals surface area contributed by atoms with Gasteiger partial charge in [-0.2, -0.15) is 0 Å². The van der Waals surface area contributed by atoms with E-state index in [1.807, 2.05) is 18.2 Å². The minimum atomic E-state index is -0.649. The number of nitrogens with one attached hydrogen (secondary N) is 2. The first-order valence-electron chi connectivity index (χ1n) is 6.16. The molecule has 2 aromatic rings. The Morgan fingerprint density at radius 3 is 2.20 bits per heavy atom. The fourth-order valence-electron chi connectivity index (χ4n) is 2.03. The van der Waals surface area contributed by atoms with E-state index in [2.05, 4.69) is 10.2 Å². The average molecular weight is 276 g/mol. The van der Waals surface area contributed by atoms with Crippen molar-refractivity contribution in [2.45, 2.75) is 12.8 Å². The molecule has 1 aromatic carbocycles. The molecule has 0 atom stereocenters. The molecular formula is C14H16N2O4. The lowest BCUT2D eigenvalue weighted by atomic mass is 10.1. The summed E-state index contributed by atoms with van der Waals surface area (Å²) in [6, 6.07) is 6.87. The molecule has 0 fully saturated rings. The first-order chi connectivity index (χ1) is 9.65. The van der Waals surface area contributed by atoms with Crippen LogP contribution in [0.25, 0.3) is 0 Å². The standard InChI is InChI=1S/C14H16N2O4/c1-19-12-4-3-5-13(20-2)10(12)7-6-9-8-11(17)14(18)16-15-9/h3-5,8H,6-7H2,1-2H3,(H,15,17)(H,16,18). The zero-order valence-corrected chi connectivity index (χ0v) is 11.4. The summed E-state index contributed by atoms with van der Waals surface area (Å²) in [6.07, 6.45) is 1.18. The van der Waals surface area contributed by atoms with Gasteiger partial charge >= 0.3 is 5.56 Å². The number of benzene rings is 1. The van der Waals surface area contributed by atoms with Crippen molar-refractivity contribution in [2.24, 2.45) is 0 Å². The molecule has 0 amide bonds. The van der Waals surface area contributed by atoms with Crippen molar-refractivity contribution in [3.63, 3.8) is 0 Å². The minimum Gasteiger partial charge on any atom is -0.496 e. The molecule has 0 saturated carbocycles. The van der Waals surface area contributed by atoms with Crippen molar-refractivity contribution < 1.29 is 9.47 Å². The Morgan fingerprint density at radius 1 is 1.00 bits per heavy atom. The van der Waals surface area contributed by atoms with E-state index in [0.29, 0.717) is 18.5 Å². The number of hydrogen-bond donors (Lipinski definition) is 2. The summed E-state index contributed by atoms with van der Waals surface area (Å²) in [5, 5.41) is 5.01. The van der Waals surface area contributed by atoms with Gasteiger partial charge in [0.1, 0.15) is 11.5 Å². The second kappa shape index (κ2) is 6.10. The predicted octanol–water partition coefficient (Wildman–Crippen LogP) is 0.866. The van der Waals surface area contributed by atoms with E-state index >= 15 is 0 Å². The quantitative estimate of drug-likeness (QED) is 0.793. The van der Waals surface area contributed by atoms with Gasteiger partial charge in [0.15, 0.2) is 0 Å². The van der Waals surface area contributed by atoms with E-state index in [-0.39, 0.29) is 0 Å². The zero-order valence-electron chi connectivity index (χ0n) is 11.4. The highest BCUT2D eigenvalue weighted by atomic mass is 16.5. The fraction of sp³-hybridized carbons (Fsp3) is 0.286. The molecule has 2 rings (SSSR count). The molecule has 1 aromatic heterocycles. The van der Waals surface area contributed by atoms with Crippen molar-refractivity contribution in [1.29, 1.82) is 0 Å². The predicted molar refractivity (Wildman–Crippen MR) is 74.6 cm³/mol. The molecule has 0 spiro atoms. The van der Waals surface area contributed by atoms with Crippen LogP contribution in [-0.2, 0) is 12.8 Å². The maximum atomic E-state index is 11.3. The number of aromatic nitrogens is 2. The van der Waals surface area contributed by atoms with E-state index in [9.17, 15) is 9.59 Å². The van der Waals surface area contributed by atoms with Gasteiger partial charge in [-0.1, -0.05) is 6.07 Å². The molecule has 0 unspecified atom stereocenters. The van der Waals surface area contributed by atoms with Gasteiger partial charge < -0.3 is 14.6 Å². The molecule has 106 valence electrons. The largest absolute Gasteiger partial charge is 0.496 e. The van der Waals surface area contributed by atoms with Crippen LogP contribution in [0.3, 0.4) is 0 Å². The Morgan fingerprint density at radius 2 is 1.65 bits per heavy atom. The Labute approximate surface area is 115 Å². The first-order valence-corrected chi connectivity index (χ1v) is 6.16. The third-order valence-electron chi connectivity index (χ3n) is 3.04. The van der Waals surface area contributed by atoms with Gasteiger partial charge in [0, 0.05) is 17.3 Å². The van der Waals surface area contributed by atoms with E-state index in [1.165, 1.54) is 6.07 Å². The van der Waals surface area contributed by atoms with Crippen LogP contribution in [0.4, 0.5) is 0 Å². The lowest BCUT2D eigenvalue weighted by molar-refractivity contribution is 0.385. The van der Waals surface area contributed by atoms with E-state index < -0.39 is 11.0 Å². The van der Waals surface area contributed by atoms with E-state index in [0.717, 1.165) is 17.1 Å². The van der Waals surface area contributed by atoms with Gasteiger partial charge in [-0.25, -0.2) is 0 Å². The van der Waals surface area contributed by atoms with Gasteiger partial charge in [-0.15, -0.1) is 0 Å². The number of H-pyrrole nitrogens is 2. The van der Waals surface area contributed by atoms with Crippen molar-refractivity contribution in [2.75, 3.05) is 14.2 Å². The normalized spacial score (nSPS) is 10.3. The minimum absolute atomic E-state index is 0.550. The van der Waals surface area contributed by atoms with Crippen molar-refractivity contribution in [3.8, 4) is 11.5 Å². The number of aryl methyl sites for hydroxylation is 1. The van der Waals surface area contributed by atoms with Crippen molar-refractivity contribution >= 4 is 0 Å². The summed E-state index contributed by atoms with van der Waals surface area (Å²) in [5.41, 5.74) is 0.376. The van der Waals surface area contributed by atoms with Crippen LogP contribution in [0.2, 0.25) is 0 Å². The van der Waals surface area contributed by atoms with Crippen LogP contribution in [0, 0.1) is 0 Å². The van der Waals surface area contributed by atoms with E-state index in [4.69, 9.17) is 9.47 Å². The molecule has 1 heterocycles. The van der Waals surface area contributed by atoms with Crippen LogP contribution < -0.4 is 20.5 Å². The Balaban J connectivity index is 2.24. The molecule has 0 bridgehead atoms. The number of aromatic amines is 2. The molecule has 0 aliphatic rings. The third kappa shape index (κ3) is 2.90. The summed E-state index contributed by atoms with van der Waals surface area (Å²) < 4.78 is 10.6. The highest BCUT2D eigenvalue weighted by Gasteiger charge is 2.10. The van der Waals surface area contributed by atoms with Gasteiger partial charge in [0.2, 0.25) is 5.43 Å². The molecule has 0 saturated heterocycles. The number of ether oxygens (including phenoxy) is 2. The monoisotopic (exact) mass is 276 g/mol. The third-order valence-corrected chi connectivity index (χ3v) is 3.04. The Kier molecular flexibility index (Phi) is 4.24. The van der Waals surface area contributed by atoms with Crippen LogP contribution >= 0.6 is 0 Å². The van der Waals surface area contributed by atoms with E-state index in [1.54, 1.807) is 14.2 Å². The molecule has 2 N–H and O–H groups in total. The highest BCUT2D eigenvalue weighted by molar-refractivity contribution is 5.45. The number of hydrogen-bond acceptors (Lipinski definition) is 4. The average Bonchev–Trinajstić information content (AvgIpc) is 2.48. The summed E-state index contributed by atoms with van der Waals surface area (Å²) in [4.78, 5) is 22.3. The molecule has 20 heavy (non-hydrogen) atoms. The van der Waals surface area contributed by atoms with Crippen LogP contribution in [0.5, 0.6) is 11.5 Å². The van der Waals surface area contributed by atoms with Crippen LogP contribution in [0.1, 0.15) is 11.3 Å². The Bertz CT molecular complexity index is 681. The molecule has 0 aliphatic carbocycles. The van der Waals surface area contributed by atoms with Gasteiger partial charge in [0.05, 0.1) is 14.2 Å². The van der Waals surface area contributed by atoms with Crippen molar-refractivity contribution in [1.82, 2.24) is 10.2 Å². The topological polar surface area (TPSA) is 84.2 Å². The summed E-state index contributed by atoms with van der Waals surface area (Å²) in [5.74, 6) is 1.47. The second-order valence-electron chi connectivity index (χ2n) is 4.25. The fourth-order valence-corrected chi connectivity index (χ4v) is 2.03. The smallest absolute Gasteiger partial charge is 0.310 e. The number of methoxy groups -OCH3 is 2. The second-order valence-corrected chi connectivity index (χ2v) is 4.25.